The van der Waals surface area contributed by atoms with Gasteiger partial charge in [-0.3, -0.25) is 0 Å². The summed E-state index contributed by atoms with van der Waals surface area (Å²) in [4.78, 5) is 0. The van der Waals surface area contributed by atoms with E-state index in [1.165, 1.54) is 25.7 Å². The van der Waals surface area contributed by atoms with Crippen molar-refractivity contribution in [2.45, 2.75) is 75.7 Å². The Morgan fingerprint density at radius 1 is 0.722 bits per heavy atom. The van der Waals surface area contributed by atoms with Gasteiger partial charge in [-0.2, -0.15) is 0 Å². The van der Waals surface area contributed by atoms with Crippen LogP contribution >= 0.6 is 0 Å². The molecule has 2 rings (SSSR count). The standard InChI is InChI=1S/2C7H15NO/c2*1-8-6-3-2-4-7(9)5-6/h2*6-9H,2-5H2,1H3/t2*6-,7+/m10/s1. The second-order valence-corrected chi connectivity index (χ2v) is 5.61. The van der Waals surface area contributed by atoms with Crippen molar-refractivity contribution in [3.05, 3.63) is 0 Å². The van der Waals surface area contributed by atoms with Gasteiger partial charge in [0.25, 0.3) is 0 Å². The summed E-state index contributed by atoms with van der Waals surface area (Å²) in [7, 11) is 3.92. The molecule has 108 valence electrons. The summed E-state index contributed by atoms with van der Waals surface area (Å²) in [5.74, 6) is 0. The van der Waals surface area contributed by atoms with E-state index in [0.717, 1.165) is 25.7 Å². The molecule has 0 aromatic carbocycles. The van der Waals surface area contributed by atoms with Gasteiger partial charge in [-0.25, -0.2) is 0 Å². The normalized spacial score (nSPS) is 36.7. The summed E-state index contributed by atoms with van der Waals surface area (Å²) in [6.07, 6.45) is 8.59. The predicted molar refractivity (Wildman–Crippen MR) is 74.6 cm³/mol. The topological polar surface area (TPSA) is 64.5 Å². The smallest absolute Gasteiger partial charge is 0.0555 e. The van der Waals surface area contributed by atoms with Crippen molar-refractivity contribution in [3.63, 3.8) is 0 Å². The van der Waals surface area contributed by atoms with Crippen molar-refractivity contribution in [2.75, 3.05) is 14.1 Å². The Morgan fingerprint density at radius 2 is 1.11 bits per heavy atom. The first kappa shape index (κ1) is 15.9. The van der Waals surface area contributed by atoms with Crippen molar-refractivity contribution >= 4 is 0 Å². The molecule has 0 spiro atoms. The molecule has 0 aromatic heterocycles. The molecule has 0 bridgehead atoms. The maximum atomic E-state index is 9.17. The Labute approximate surface area is 111 Å². The number of nitrogens with one attached hydrogen (secondary N) is 2. The lowest BCUT2D eigenvalue weighted by Crippen LogP contribution is -2.33. The van der Waals surface area contributed by atoms with Gasteiger partial charge in [-0.1, -0.05) is 0 Å². The van der Waals surface area contributed by atoms with E-state index >= 15 is 0 Å². The maximum absolute atomic E-state index is 9.17. The first-order chi connectivity index (χ1) is 8.65. The maximum Gasteiger partial charge on any atom is 0.0555 e. The Balaban J connectivity index is 0.000000180. The Bertz CT molecular complexity index is 192. The highest BCUT2D eigenvalue weighted by molar-refractivity contribution is 4.76. The molecule has 0 aromatic rings. The summed E-state index contributed by atoms with van der Waals surface area (Å²) >= 11 is 0. The van der Waals surface area contributed by atoms with Gasteiger partial charge in [-0.15, -0.1) is 0 Å². The highest BCUT2D eigenvalue weighted by Crippen LogP contribution is 2.18. The minimum atomic E-state index is -0.0452. The molecule has 2 fully saturated rings. The summed E-state index contributed by atoms with van der Waals surface area (Å²) in [6.45, 7) is 0. The SMILES string of the molecule is CN[C@@H]1CCC[C@H](O)C1.CN[C@H]1CCC[C@@H](O)C1. The van der Waals surface area contributed by atoms with Gasteiger partial charge in [0.2, 0.25) is 0 Å². The number of rotatable bonds is 2. The monoisotopic (exact) mass is 258 g/mol. The van der Waals surface area contributed by atoms with E-state index in [1.54, 1.807) is 0 Å². The van der Waals surface area contributed by atoms with E-state index in [0.29, 0.717) is 12.1 Å². The van der Waals surface area contributed by atoms with Gasteiger partial charge in [0.05, 0.1) is 12.2 Å². The molecule has 4 N–H and O–H groups in total. The third-order valence-corrected chi connectivity index (χ3v) is 4.11. The molecule has 0 aliphatic heterocycles. The number of aliphatic hydroxyl groups excluding tert-OH is 2. The van der Waals surface area contributed by atoms with Crippen LogP contribution in [0.3, 0.4) is 0 Å². The van der Waals surface area contributed by atoms with Crippen LogP contribution in [0.25, 0.3) is 0 Å². The third kappa shape index (κ3) is 6.14. The van der Waals surface area contributed by atoms with Crippen LogP contribution in [0, 0.1) is 0 Å². The lowest BCUT2D eigenvalue weighted by atomic mass is 9.93. The average molecular weight is 258 g/mol. The molecule has 0 unspecified atom stereocenters. The summed E-state index contributed by atoms with van der Waals surface area (Å²) in [6, 6.07) is 1.13. The molecule has 4 heteroatoms. The second-order valence-electron chi connectivity index (χ2n) is 5.61. The van der Waals surface area contributed by atoms with Crippen molar-refractivity contribution in [1.29, 1.82) is 0 Å². The van der Waals surface area contributed by atoms with E-state index in [1.807, 2.05) is 14.1 Å². The summed E-state index contributed by atoms with van der Waals surface area (Å²) in [5.41, 5.74) is 0. The molecular weight excluding hydrogens is 228 g/mol. The quantitative estimate of drug-likeness (QED) is 0.597. The van der Waals surface area contributed by atoms with Crippen LogP contribution in [-0.4, -0.2) is 48.6 Å². The van der Waals surface area contributed by atoms with E-state index < -0.39 is 0 Å². The van der Waals surface area contributed by atoms with E-state index in [-0.39, 0.29) is 12.2 Å². The molecule has 18 heavy (non-hydrogen) atoms. The van der Waals surface area contributed by atoms with Crippen molar-refractivity contribution < 1.29 is 10.2 Å². The zero-order valence-electron chi connectivity index (χ0n) is 11.9. The molecule has 2 aliphatic carbocycles. The minimum absolute atomic E-state index is 0.0452. The Hall–Kier alpha value is -0.160. The van der Waals surface area contributed by atoms with Gasteiger partial charge in [0, 0.05) is 12.1 Å². The fraction of sp³-hybridized carbons (Fsp3) is 1.00. The van der Waals surface area contributed by atoms with E-state index in [9.17, 15) is 10.2 Å². The number of hydrogen-bond donors (Lipinski definition) is 4. The van der Waals surface area contributed by atoms with Crippen LogP contribution in [0.4, 0.5) is 0 Å². The van der Waals surface area contributed by atoms with Gasteiger partial charge < -0.3 is 20.8 Å². The minimum Gasteiger partial charge on any atom is -0.393 e. The summed E-state index contributed by atoms with van der Waals surface area (Å²) < 4.78 is 0. The molecule has 2 saturated carbocycles. The predicted octanol–water partition coefficient (Wildman–Crippen LogP) is 1.02. The van der Waals surface area contributed by atoms with Crippen LogP contribution in [0.5, 0.6) is 0 Å². The van der Waals surface area contributed by atoms with Crippen LogP contribution in [0.15, 0.2) is 0 Å². The lowest BCUT2D eigenvalue weighted by Gasteiger charge is -2.24. The fourth-order valence-corrected chi connectivity index (χ4v) is 2.85. The van der Waals surface area contributed by atoms with Gasteiger partial charge >= 0.3 is 0 Å². The zero-order chi connectivity index (χ0) is 13.4. The third-order valence-electron chi connectivity index (χ3n) is 4.11. The molecule has 0 heterocycles. The lowest BCUT2D eigenvalue weighted by molar-refractivity contribution is 0.113. The molecule has 0 radical (unpaired) electrons. The van der Waals surface area contributed by atoms with Gasteiger partial charge in [0.1, 0.15) is 0 Å². The van der Waals surface area contributed by atoms with Gasteiger partial charge in [-0.05, 0) is 65.5 Å². The van der Waals surface area contributed by atoms with Crippen molar-refractivity contribution in [1.82, 2.24) is 10.6 Å². The van der Waals surface area contributed by atoms with Crippen LogP contribution in [-0.2, 0) is 0 Å². The molecule has 4 atom stereocenters. The van der Waals surface area contributed by atoms with E-state index in [4.69, 9.17) is 0 Å². The average Bonchev–Trinajstić information content (AvgIpc) is 2.39. The fourth-order valence-electron chi connectivity index (χ4n) is 2.85. The van der Waals surface area contributed by atoms with Crippen molar-refractivity contribution in [3.8, 4) is 0 Å². The largest absolute Gasteiger partial charge is 0.393 e. The summed E-state index contributed by atoms with van der Waals surface area (Å²) in [5, 5.41) is 24.7. The number of aliphatic hydroxyl groups is 2. The first-order valence-corrected chi connectivity index (χ1v) is 7.36. The molecule has 0 amide bonds. The zero-order valence-corrected chi connectivity index (χ0v) is 11.9. The first-order valence-electron chi connectivity index (χ1n) is 7.36. The van der Waals surface area contributed by atoms with Crippen LogP contribution < -0.4 is 10.6 Å². The molecule has 0 saturated heterocycles. The number of hydrogen-bond acceptors (Lipinski definition) is 4. The van der Waals surface area contributed by atoms with E-state index in [2.05, 4.69) is 10.6 Å². The second kappa shape index (κ2) is 8.86. The van der Waals surface area contributed by atoms with Crippen LogP contribution in [0.1, 0.15) is 51.4 Å². The van der Waals surface area contributed by atoms with Crippen molar-refractivity contribution in [2.24, 2.45) is 0 Å². The highest BCUT2D eigenvalue weighted by Gasteiger charge is 2.18. The molecular formula is C14H30N2O2. The Kier molecular flexibility index (Phi) is 7.82. The highest BCUT2D eigenvalue weighted by atomic mass is 16.3. The molecule has 2 aliphatic rings. The van der Waals surface area contributed by atoms with Crippen LogP contribution in [0.2, 0.25) is 0 Å². The van der Waals surface area contributed by atoms with Gasteiger partial charge in [0.15, 0.2) is 0 Å². The Morgan fingerprint density at radius 3 is 1.33 bits per heavy atom. The molecule has 4 nitrogen and oxygen atoms in total.